The fourth-order valence-electron chi connectivity index (χ4n) is 2.74. The molecule has 1 unspecified atom stereocenters. The molecule has 1 aliphatic heterocycles. The molecule has 0 bridgehead atoms. The molecule has 2 aliphatic rings. The minimum Gasteiger partial charge on any atom is -0.379 e. The lowest BCUT2D eigenvalue weighted by Gasteiger charge is -2.29. The molecule has 1 aromatic carbocycles. The van der Waals surface area contributed by atoms with Crippen molar-refractivity contribution in [3.05, 3.63) is 35.4 Å². The summed E-state index contributed by atoms with van der Waals surface area (Å²) in [5.74, 6) is 0.946. The van der Waals surface area contributed by atoms with Crippen molar-refractivity contribution >= 4 is 18.3 Å². The molecule has 1 N–H and O–H groups in total. The Bertz CT molecular complexity index is 505. The summed E-state index contributed by atoms with van der Waals surface area (Å²) in [6.07, 6.45) is 3.39. The van der Waals surface area contributed by atoms with Crippen LogP contribution >= 0.6 is 12.4 Å². The van der Waals surface area contributed by atoms with Crippen molar-refractivity contribution in [3.63, 3.8) is 0 Å². The van der Waals surface area contributed by atoms with Gasteiger partial charge in [0, 0.05) is 26.7 Å². The smallest absolute Gasteiger partial charge is 0.239 e. The van der Waals surface area contributed by atoms with Crippen LogP contribution in [0, 0.1) is 5.92 Å². The Labute approximate surface area is 138 Å². The van der Waals surface area contributed by atoms with Gasteiger partial charge in [0.15, 0.2) is 0 Å². The lowest BCUT2D eigenvalue weighted by Crippen LogP contribution is -2.48. The number of fused-ring (bicyclic) bond motifs is 1. The van der Waals surface area contributed by atoms with Crippen LogP contribution in [0.5, 0.6) is 0 Å². The topological polar surface area (TPSA) is 41.6 Å². The van der Waals surface area contributed by atoms with Crippen molar-refractivity contribution in [2.75, 3.05) is 26.8 Å². The van der Waals surface area contributed by atoms with Gasteiger partial charge in [-0.25, -0.2) is 0 Å². The number of rotatable bonds is 6. The van der Waals surface area contributed by atoms with Crippen LogP contribution in [0.15, 0.2) is 24.3 Å². The molecule has 1 saturated carbocycles. The molecule has 0 radical (unpaired) electrons. The summed E-state index contributed by atoms with van der Waals surface area (Å²) in [5.41, 5.74) is 2.59. The van der Waals surface area contributed by atoms with Crippen LogP contribution in [-0.2, 0) is 22.5 Å². The average molecular weight is 325 g/mol. The molecule has 5 heteroatoms. The highest BCUT2D eigenvalue weighted by Crippen LogP contribution is 2.28. The summed E-state index contributed by atoms with van der Waals surface area (Å²) in [6.45, 7) is 2.95. The third kappa shape index (κ3) is 4.45. The number of halogens is 1. The lowest BCUT2D eigenvalue weighted by atomic mass is 9.95. The minimum atomic E-state index is -0.103. The van der Waals surface area contributed by atoms with E-state index in [2.05, 4.69) is 17.4 Å². The van der Waals surface area contributed by atoms with Crippen molar-refractivity contribution < 1.29 is 9.53 Å². The Balaban J connectivity index is 0.00000176. The highest BCUT2D eigenvalue weighted by molar-refractivity contribution is 5.85. The van der Waals surface area contributed by atoms with Gasteiger partial charge in [0.1, 0.15) is 0 Å². The first-order valence-corrected chi connectivity index (χ1v) is 7.87. The van der Waals surface area contributed by atoms with Crippen LogP contribution < -0.4 is 5.32 Å². The Morgan fingerprint density at radius 3 is 2.77 bits per heavy atom. The average Bonchev–Trinajstić information content (AvgIpc) is 3.34. The Morgan fingerprint density at radius 1 is 1.32 bits per heavy atom. The molecule has 1 fully saturated rings. The van der Waals surface area contributed by atoms with Crippen molar-refractivity contribution in [3.8, 4) is 0 Å². The number of amides is 1. The van der Waals surface area contributed by atoms with E-state index < -0.39 is 0 Å². The number of carbonyl (C=O) groups is 1. The molecule has 0 aromatic heterocycles. The molecule has 122 valence electrons. The zero-order valence-electron chi connectivity index (χ0n) is 13.1. The third-order valence-corrected chi connectivity index (χ3v) is 4.38. The maximum absolute atomic E-state index is 12.5. The number of ether oxygens (including phenoxy) is 1. The van der Waals surface area contributed by atoms with Gasteiger partial charge in [0.2, 0.25) is 5.91 Å². The molecule has 1 heterocycles. The number of carbonyl (C=O) groups excluding carboxylic acids is 1. The van der Waals surface area contributed by atoms with Crippen molar-refractivity contribution in [2.45, 2.75) is 31.8 Å². The fourth-order valence-corrected chi connectivity index (χ4v) is 2.74. The Hall–Kier alpha value is -1.10. The van der Waals surface area contributed by atoms with E-state index in [0.717, 1.165) is 25.5 Å². The third-order valence-electron chi connectivity index (χ3n) is 4.38. The number of hydrogen-bond acceptors (Lipinski definition) is 3. The van der Waals surface area contributed by atoms with Crippen LogP contribution in [0.1, 0.15) is 24.0 Å². The summed E-state index contributed by atoms with van der Waals surface area (Å²) in [7, 11) is 1.87. The molecule has 1 aliphatic carbocycles. The fraction of sp³-hybridized carbons (Fsp3) is 0.588. The van der Waals surface area contributed by atoms with E-state index in [0.29, 0.717) is 13.2 Å². The molecule has 4 nitrogen and oxygen atoms in total. The summed E-state index contributed by atoms with van der Waals surface area (Å²) in [4.78, 5) is 14.2. The molecule has 3 rings (SSSR count). The van der Waals surface area contributed by atoms with Crippen molar-refractivity contribution in [1.82, 2.24) is 10.2 Å². The number of nitrogens with one attached hydrogen (secondary N) is 1. The molecule has 1 aromatic rings. The predicted octanol–water partition coefficient (Wildman–Crippen LogP) is 2.01. The van der Waals surface area contributed by atoms with Gasteiger partial charge < -0.3 is 15.0 Å². The second-order valence-electron chi connectivity index (χ2n) is 6.18. The van der Waals surface area contributed by atoms with E-state index in [4.69, 9.17) is 4.74 Å². The Kier molecular flexibility index (Phi) is 6.24. The van der Waals surface area contributed by atoms with E-state index in [1.807, 2.05) is 19.2 Å². The first-order valence-electron chi connectivity index (χ1n) is 7.87. The maximum atomic E-state index is 12.5. The molecule has 0 spiro atoms. The highest BCUT2D eigenvalue weighted by atomic mass is 35.5. The van der Waals surface area contributed by atoms with Gasteiger partial charge in [-0.1, -0.05) is 24.3 Å². The molecule has 0 saturated heterocycles. The SMILES string of the molecule is CN(CCOCC1CC1)C(=O)C1Cc2ccccc2CN1.Cl. The maximum Gasteiger partial charge on any atom is 0.239 e. The standard InChI is InChI=1S/C17H24N2O2.ClH/c1-19(8-9-21-12-13-6-7-13)17(20)16-10-14-4-2-3-5-15(14)11-18-16;/h2-5,13,16,18H,6-12H2,1H3;1H. The summed E-state index contributed by atoms with van der Waals surface area (Å²) >= 11 is 0. The largest absolute Gasteiger partial charge is 0.379 e. The van der Waals surface area contributed by atoms with Crippen LogP contribution in [-0.4, -0.2) is 43.7 Å². The van der Waals surface area contributed by atoms with Gasteiger partial charge in [-0.15, -0.1) is 12.4 Å². The van der Waals surface area contributed by atoms with E-state index in [1.54, 1.807) is 4.90 Å². The van der Waals surface area contributed by atoms with Gasteiger partial charge >= 0.3 is 0 Å². The Morgan fingerprint density at radius 2 is 2.05 bits per heavy atom. The zero-order valence-corrected chi connectivity index (χ0v) is 13.9. The predicted molar refractivity (Wildman–Crippen MR) is 89.2 cm³/mol. The monoisotopic (exact) mass is 324 g/mol. The van der Waals surface area contributed by atoms with Gasteiger partial charge in [-0.05, 0) is 36.3 Å². The first kappa shape index (κ1) is 17.3. The number of benzene rings is 1. The van der Waals surface area contributed by atoms with Gasteiger partial charge in [-0.3, -0.25) is 4.79 Å². The van der Waals surface area contributed by atoms with Crippen molar-refractivity contribution in [2.24, 2.45) is 5.92 Å². The van der Waals surface area contributed by atoms with Crippen LogP contribution in [0.2, 0.25) is 0 Å². The van der Waals surface area contributed by atoms with Crippen LogP contribution in [0.3, 0.4) is 0 Å². The van der Waals surface area contributed by atoms with E-state index in [-0.39, 0.29) is 24.4 Å². The number of hydrogen-bond donors (Lipinski definition) is 1. The normalized spacial score (nSPS) is 20.0. The van der Waals surface area contributed by atoms with Crippen LogP contribution in [0.25, 0.3) is 0 Å². The molecule has 1 atom stereocenters. The lowest BCUT2D eigenvalue weighted by molar-refractivity contribution is -0.133. The quantitative estimate of drug-likeness (QED) is 0.814. The zero-order chi connectivity index (χ0) is 14.7. The molecular formula is C17H25ClN2O2. The second kappa shape index (κ2) is 7.95. The highest BCUT2D eigenvalue weighted by Gasteiger charge is 2.26. The first-order chi connectivity index (χ1) is 10.2. The molecule has 1 amide bonds. The second-order valence-corrected chi connectivity index (χ2v) is 6.18. The molecule has 22 heavy (non-hydrogen) atoms. The van der Waals surface area contributed by atoms with Crippen LogP contribution in [0.4, 0.5) is 0 Å². The van der Waals surface area contributed by atoms with Gasteiger partial charge in [0.05, 0.1) is 12.6 Å². The van der Waals surface area contributed by atoms with E-state index in [9.17, 15) is 4.79 Å². The van der Waals surface area contributed by atoms with E-state index >= 15 is 0 Å². The molecular weight excluding hydrogens is 300 g/mol. The summed E-state index contributed by atoms with van der Waals surface area (Å²) in [5, 5.41) is 3.34. The van der Waals surface area contributed by atoms with E-state index in [1.165, 1.54) is 24.0 Å². The van der Waals surface area contributed by atoms with Gasteiger partial charge in [-0.2, -0.15) is 0 Å². The summed E-state index contributed by atoms with van der Waals surface area (Å²) in [6, 6.07) is 8.23. The number of likely N-dealkylation sites (N-methyl/N-ethyl adjacent to an activating group) is 1. The summed E-state index contributed by atoms with van der Waals surface area (Å²) < 4.78 is 5.61. The van der Waals surface area contributed by atoms with Crippen molar-refractivity contribution in [1.29, 1.82) is 0 Å². The number of nitrogens with zero attached hydrogens (tertiary/aromatic N) is 1. The van der Waals surface area contributed by atoms with Gasteiger partial charge in [0.25, 0.3) is 0 Å². The minimum absolute atomic E-state index is 0.